The van der Waals surface area contributed by atoms with E-state index in [2.05, 4.69) is 20.9 Å². The average Bonchev–Trinajstić information content (AvgIpc) is 3.38. The van der Waals surface area contributed by atoms with Crippen molar-refractivity contribution in [1.29, 1.82) is 0 Å². The molecule has 10 heteroatoms. The highest BCUT2D eigenvalue weighted by molar-refractivity contribution is 8.00. The first-order chi connectivity index (χ1) is 20.7. The molecule has 0 saturated carbocycles. The van der Waals surface area contributed by atoms with Crippen LogP contribution in [0.5, 0.6) is 0 Å². The van der Waals surface area contributed by atoms with Crippen molar-refractivity contribution in [2.45, 2.75) is 24.0 Å². The molecular formula is C33H27ClN4O3S2. The number of hydrogen-bond donors (Lipinski definition) is 3. The Morgan fingerprint density at radius 1 is 0.907 bits per heavy atom. The fraction of sp³-hybridized carbons (Fsp3) is 0.0909. The number of thioether (sulfide) groups is 1. The molecule has 3 N–H and O–H groups in total. The van der Waals surface area contributed by atoms with E-state index in [0.717, 1.165) is 20.7 Å². The smallest absolute Gasteiger partial charge is 0.272 e. The van der Waals surface area contributed by atoms with Gasteiger partial charge in [-0.2, -0.15) is 0 Å². The fourth-order valence-corrected chi connectivity index (χ4v) is 6.19. The summed E-state index contributed by atoms with van der Waals surface area (Å²) in [6.45, 7) is 3.83. The highest BCUT2D eigenvalue weighted by Gasteiger charge is 2.18. The van der Waals surface area contributed by atoms with E-state index in [9.17, 15) is 14.4 Å². The number of rotatable bonds is 9. The molecule has 1 atom stereocenters. The molecule has 0 bridgehead atoms. The second-order valence-corrected chi connectivity index (χ2v) is 12.5. The third-order valence-corrected chi connectivity index (χ3v) is 8.50. The Morgan fingerprint density at radius 3 is 2.49 bits per heavy atom. The van der Waals surface area contributed by atoms with E-state index in [1.54, 1.807) is 72.8 Å². The lowest BCUT2D eigenvalue weighted by Gasteiger charge is -2.13. The quantitative estimate of drug-likeness (QED) is 0.115. The van der Waals surface area contributed by atoms with Gasteiger partial charge in [0.05, 0.1) is 15.5 Å². The van der Waals surface area contributed by atoms with Gasteiger partial charge in [0.2, 0.25) is 5.91 Å². The van der Waals surface area contributed by atoms with Crippen molar-refractivity contribution in [2.24, 2.45) is 0 Å². The summed E-state index contributed by atoms with van der Waals surface area (Å²) in [4.78, 5) is 44.5. The van der Waals surface area contributed by atoms with Crippen LogP contribution >= 0.6 is 34.7 Å². The number of aromatic nitrogens is 1. The van der Waals surface area contributed by atoms with Crippen LogP contribution in [0.4, 0.5) is 10.8 Å². The lowest BCUT2D eigenvalue weighted by Crippen LogP contribution is -2.30. The number of carbonyl (C=O) groups excluding carboxylic acids is 3. The monoisotopic (exact) mass is 626 g/mol. The number of nitrogens with zero attached hydrogens (tertiary/aromatic N) is 1. The fourth-order valence-electron chi connectivity index (χ4n) is 4.10. The van der Waals surface area contributed by atoms with Gasteiger partial charge < -0.3 is 16.0 Å². The van der Waals surface area contributed by atoms with Gasteiger partial charge in [-0.15, -0.1) is 11.8 Å². The Labute approximate surface area is 262 Å². The van der Waals surface area contributed by atoms with Gasteiger partial charge in [-0.3, -0.25) is 14.4 Å². The van der Waals surface area contributed by atoms with Crippen molar-refractivity contribution >= 4 is 79.5 Å². The second kappa shape index (κ2) is 13.7. The second-order valence-electron chi connectivity index (χ2n) is 9.65. The molecule has 4 aromatic carbocycles. The van der Waals surface area contributed by atoms with Gasteiger partial charge in [-0.25, -0.2) is 4.98 Å². The Bertz CT molecular complexity index is 1840. The van der Waals surface area contributed by atoms with Crippen LogP contribution in [0.1, 0.15) is 28.4 Å². The summed E-state index contributed by atoms with van der Waals surface area (Å²) in [7, 11) is 0. The van der Waals surface area contributed by atoms with E-state index in [-0.39, 0.29) is 11.6 Å². The normalized spacial score (nSPS) is 12.0. The molecule has 0 saturated heterocycles. The summed E-state index contributed by atoms with van der Waals surface area (Å²) in [5.74, 6) is -1.11. The van der Waals surface area contributed by atoms with Crippen molar-refractivity contribution in [3.8, 4) is 0 Å². The van der Waals surface area contributed by atoms with Crippen molar-refractivity contribution in [3.63, 3.8) is 0 Å². The van der Waals surface area contributed by atoms with Crippen LogP contribution in [-0.4, -0.2) is 28.0 Å². The van der Waals surface area contributed by atoms with Gasteiger partial charge in [0, 0.05) is 21.2 Å². The van der Waals surface area contributed by atoms with E-state index in [1.165, 1.54) is 23.1 Å². The van der Waals surface area contributed by atoms with Crippen LogP contribution < -0.4 is 16.0 Å². The van der Waals surface area contributed by atoms with Crippen LogP contribution in [-0.2, 0) is 9.59 Å². The minimum absolute atomic E-state index is 0.0490. The molecule has 5 aromatic rings. The molecule has 1 unspecified atom stereocenters. The predicted molar refractivity (Wildman–Crippen MR) is 177 cm³/mol. The summed E-state index contributed by atoms with van der Waals surface area (Å²) < 4.78 is 1.02. The molecular weight excluding hydrogens is 600 g/mol. The molecule has 0 aliphatic carbocycles. The number of carbonyl (C=O) groups is 3. The third-order valence-electron chi connectivity index (χ3n) is 6.24. The van der Waals surface area contributed by atoms with Gasteiger partial charge >= 0.3 is 0 Å². The van der Waals surface area contributed by atoms with Crippen molar-refractivity contribution < 1.29 is 14.4 Å². The highest BCUT2D eigenvalue weighted by Crippen LogP contribution is 2.30. The molecule has 3 amide bonds. The number of amides is 3. The molecule has 1 aromatic heterocycles. The molecule has 7 nitrogen and oxygen atoms in total. The van der Waals surface area contributed by atoms with Crippen molar-refractivity contribution in [1.82, 2.24) is 10.3 Å². The van der Waals surface area contributed by atoms with Crippen LogP contribution in [0, 0.1) is 6.92 Å². The number of halogens is 1. The summed E-state index contributed by atoms with van der Waals surface area (Å²) >= 11 is 8.93. The molecule has 0 aliphatic heterocycles. The standard InChI is InChI=1S/C33H27ClN4O3S2/c1-20-14-15-27-29(16-20)43-33(37-27)38-30(39)21(2)42-26-13-7-12-25(19-26)35-32(41)28(18-22-8-6-11-24(34)17-22)36-31(40)23-9-4-3-5-10-23/h3-19,21H,1-2H3,(H,35,41)(H,36,40)(H,37,38,39)/b28-18-. The number of aryl methyl sites for hydroxylation is 1. The Kier molecular flexibility index (Phi) is 9.56. The number of benzene rings is 4. The van der Waals surface area contributed by atoms with Gasteiger partial charge in [0.25, 0.3) is 11.8 Å². The number of fused-ring (bicyclic) bond motifs is 1. The number of hydrogen-bond acceptors (Lipinski definition) is 6. The maximum atomic E-state index is 13.4. The van der Waals surface area contributed by atoms with Gasteiger partial charge in [0.1, 0.15) is 5.70 Å². The Balaban J connectivity index is 1.28. The predicted octanol–water partition coefficient (Wildman–Crippen LogP) is 7.79. The van der Waals surface area contributed by atoms with Crippen LogP contribution in [0.2, 0.25) is 5.02 Å². The number of anilines is 2. The first-order valence-electron chi connectivity index (χ1n) is 13.3. The molecule has 0 aliphatic rings. The summed E-state index contributed by atoms with van der Waals surface area (Å²) in [6.07, 6.45) is 1.57. The van der Waals surface area contributed by atoms with Gasteiger partial charge in [-0.1, -0.05) is 65.4 Å². The SMILES string of the molecule is Cc1ccc2nc(NC(=O)C(C)Sc3cccc(NC(=O)/C(=C/c4cccc(Cl)c4)NC(=O)c4ccccc4)c3)sc2c1. The minimum Gasteiger partial charge on any atom is -0.321 e. The van der Waals surface area contributed by atoms with Crippen molar-refractivity contribution in [3.05, 3.63) is 124 Å². The maximum Gasteiger partial charge on any atom is 0.272 e. The largest absolute Gasteiger partial charge is 0.321 e. The first-order valence-corrected chi connectivity index (χ1v) is 15.4. The summed E-state index contributed by atoms with van der Waals surface area (Å²) in [5.41, 5.74) is 3.61. The zero-order valence-electron chi connectivity index (χ0n) is 23.3. The molecule has 0 radical (unpaired) electrons. The summed E-state index contributed by atoms with van der Waals surface area (Å²) in [5, 5.41) is 9.12. The lowest BCUT2D eigenvalue weighted by atomic mass is 10.1. The minimum atomic E-state index is -0.511. The molecule has 43 heavy (non-hydrogen) atoms. The molecule has 216 valence electrons. The van der Waals surface area contributed by atoms with E-state index in [1.807, 2.05) is 44.2 Å². The lowest BCUT2D eigenvalue weighted by molar-refractivity contribution is -0.115. The average molecular weight is 627 g/mol. The molecule has 0 spiro atoms. The van der Waals surface area contributed by atoms with E-state index in [0.29, 0.717) is 27.0 Å². The Hall–Kier alpha value is -4.44. The van der Waals surface area contributed by atoms with Crippen LogP contribution in [0.25, 0.3) is 16.3 Å². The zero-order chi connectivity index (χ0) is 30.3. The van der Waals surface area contributed by atoms with Gasteiger partial charge in [0.15, 0.2) is 5.13 Å². The number of thiazole rings is 1. The summed E-state index contributed by atoms with van der Waals surface area (Å²) in [6, 6.07) is 28.8. The third kappa shape index (κ3) is 8.10. The molecule has 5 rings (SSSR count). The first kappa shape index (κ1) is 30.0. The topological polar surface area (TPSA) is 100 Å². The van der Waals surface area contributed by atoms with Crippen molar-refractivity contribution in [2.75, 3.05) is 10.6 Å². The van der Waals surface area contributed by atoms with E-state index < -0.39 is 17.1 Å². The van der Waals surface area contributed by atoms with Crippen LogP contribution in [0.15, 0.2) is 108 Å². The van der Waals surface area contributed by atoms with Crippen LogP contribution in [0.3, 0.4) is 0 Å². The Morgan fingerprint density at radius 2 is 1.70 bits per heavy atom. The number of nitrogens with one attached hydrogen (secondary N) is 3. The van der Waals surface area contributed by atoms with Gasteiger partial charge in [-0.05, 0) is 85.6 Å². The zero-order valence-corrected chi connectivity index (χ0v) is 25.6. The molecule has 0 fully saturated rings. The van der Waals surface area contributed by atoms with E-state index in [4.69, 9.17) is 11.6 Å². The maximum absolute atomic E-state index is 13.4. The van der Waals surface area contributed by atoms with E-state index >= 15 is 0 Å². The highest BCUT2D eigenvalue weighted by atomic mass is 35.5. The molecule has 1 heterocycles.